The minimum atomic E-state index is -3.94. The maximum Gasteiger partial charge on any atom is 0.341 e. The minimum absolute atomic E-state index is 0.0229. The summed E-state index contributed by atoms with van der Waals surface area (Å²) in [7, 11) is -3.94. The Morgan fingerprint density at radius 3 is 2.39 bits per heavy atom. The van der Waals surface area contributed by atoms with E-state index in [2.05, 4.69) is 4.72 Å². The molecule has 0 bridgehead atoms. The second kappa shape index (κ2) is 9.93. The highest BCUT2D eigenvalue weighted by Gasteiger charge is 2.31. The smallest absolute Gasteiger partial charge is 0.341 e. The minimum Gasteiger partial charge on any atom is -0.449 e. The molecule has 0 saturated carbocycles. The van der Waals surface area contributed by atoms with Crippen molar-refractivity contribution in [2.24, 2.45) is 0 Å². The standard InChI is InChI=1S/C24H30N2O6S/c1-15-10-11-16(2)22(12-15)33(29,30)25-21-9-7-6-8-20(21)24(28)32-19(5)23(27)26-13-17(3)31-18(4)14-26/h6-12,17-19,25H,13-14H2,1-5H3/t17-,18-,19-/m1/s1. The first kappa shape index (κ1) is 24.7. The lowest BCUT2D eigenvalue weighted by atomic mass is 10.2. The van der Waals surface area contributed by atoms with Gasteiger partial charge in [-0.15, -0.1) is 0 Å². The van der Waals surface area contributed by atoms with Crippen LogP contribution in [0.2, 0.25) is 0 Å². The first-order valence-corrected chi connectivity index (χ1v) is 12.3. The van der Waals surface area contributed by atoms with Gasteiger partial charge in [0, 0.05) is 13.1 Å². The maximum atomic E-state index is 13.0. The summed E-state index contributed by atoms with van der Waals surface area (Å²) in [5.74, 6) is -1.11. The molecular formula is C24H30N2O6S. The molecule has 178 valence electrons. The van der Waals surface area contributed by atoms with E-state index in [4.69, 9.17) is 9.47 Å². The molecule has 3 atom stereocenters. The van der Waals surface area contributed by atoms with Crippen LogP contribution in [0.1, 0.15) is 42.3 Å². The Morgan fingerprint density at radius 2 is 1.73 bits per heavy atom. The highest BCUT2D eigenvalue weighted by atomic mass is 32.2. The summed E-state index contributed by atoms with van der Waals surface area (Å²) in [5, 5.41) is 0. The summed E-state index contributed by atoms with van der Waals surface area (Å²) in [6, 6.07) is 11.3. The van der Waals surface area contributed by atoms with Crippen LogP contribution in [0, 0.1) is 13.8 Å². The Labute approximate surface area is 194 Å². The predicted molar refractivity (Wildman–Crippen MR) is 125 cm³/mol. The Bertz CT molecular complexity index is 1140. The summed E-state index contributed by atoms with van der Waals surface area (Å²) in [6.07, 6.45) is -1.25. The number of hydrogen-bond acceptors (Lipinski definition) is 6. The molecule has 2 aromatic rings. The molecule has 1 aliphatic rings. The van der Waals surface area contributed by atoms with Gasteiger partial charge in [0.05, 0.1) is 28.4 Å². The van der Waals surface area contributed by atoms with Crippen LogP contribution in [0.5, 0.6) is 0 Å². The highest BCUT2D eigenvalue weighted by Crippen LogP contribution is 2.24. The number of aryl methyl sites for hydroxylation is 2. The number of para-hydroxylation sites is 1. The monoisotopic (exact) mass is 474 g/mol. The van der Waals surface area contributed by atoms with Crippen LogP contribution in [0.4, 0.5) is 5.69 Å². The Hall–Kier alpha value is -2.91. The Morgan fingerprint density at radius 1 is 1.09 bits per heavy atom. The lowest BCUT2D eigenvalue weighted by Gasteiger charge is -2.36. The number of benzene rings is 2. The molecule has 0 spiro atoms. The quantitative estimate of drug-likeness (QED) is 0.645. The largest absolute Gasteiger partial charge is 0.449 e. The first-order valence-electron chi connectivity index (χ1n) is 10.8. The summed E-state index contributed by atoms with van der Waals surface area (Å²) < 4.78 is 39.6. The van der Waals surface area contributed by atoms with E-state index in [9.17, 15) is 18.0 Å². The lowest BCUT2D eigenvalue weighted by molar-refractivity contribution is -0.151. The number of esters is 1. The zero-order valence-electron chi connectivity index (χ0n) is 19.5. The number of carbonyl (C=O) groups is 2. The first-order chi connectivity index (χ1) is 15.5. The summed E-state index contributed by atoms with van der Waals surface area (Å²) in [4.78, 5) is 27.4. The van der Waals surface area contributed by atoms with Crippen molar-refractivity contribution in [3.63, 3.8) is 0 Å². The third kappa shape index (κ3) is 5.91. The molecule has 0 aromatic heterocycles. The van der Waals surface area contributed by atoms with E-state index in [1.54, 1.807) is 43.0 Å². The molecule has 0 radical (unpaired) electrons. The molecule has 1 amide bonds. The van der Waals surface area contributed by atoms with Gasteiger partial charge in [0.1, 0.15) is 0 Å². The van der Waals surface area contributed by atoms with Crippen LogP contribution in [0.15, 0.2) is 47.4 Å². The number of rotatable bonds is 6. The number of carbonyl (C=O) groups excluding carboxylic acids is 2. The van der Waals surface area contributed by atoms with Crippen molar-refractivity contribution < 1.29 is 27.5 Å². The number of anilines is 1. The molecule has 1 N–H and O–H groups in total. The van der Waals surface area contributed by atoms with Crippen LogP contribution >= 0.6 is 0 Å². The number of nitrogens with one attached hydrogen (secondary N) is 1. The van der Waals surface area contributed by atoms with Crippen molar-refractivity contribution in [2.45, 2.75) is 57.8 Å². The molecule has 1 heterocycles. The number of amides is 1. The van der Waals surface area contributed by atoms with Crippen LogP contribution < -0.4 is 4.72 Å². The Kier molecular flexibility index (Phi) is 7.44. The second-order valence-corrected chi connectivity index (χ2v) is 10.1. The van der Waals surface area contributed by atoms with Gasteiger partial charge in [-0.1, -0.05) is 24.3 Å². The average Bonchev–Trinajstić information content (AvgIpc) is 2.74. The van der Waals surface area contributed by atoms with Crippen LogP contribution in [0.3, 0.4) is 0 Å². The van der Waals surface area contributed by atoms with Crippen molar-refractivity contribution in [1.82, 2.24) is 4.90 Å². The lowest BCUT2D eigenvalue weighted by Crippen LogP contribution is -2.51. The van der Waals surface area contributed by atoms with E-state index in [0.29, 0.717) is 18.7 Å². The van der Waals surface area contributed by atoms with Gasteiger partial charge in [-0.05, 0) is 63.9 Å². The van der Waals surface area contributed by atoms with Gasteiger partial charge in [0.2, 0.25) is 0 Å². The van der Waals surface area contributed by atoms with Crippen molar-refractivity contribution in [3.8, 4) is 0 Å². The predicted octanol–water partition coefficient (Wildman–Crippen LogP) is 3.29. The molecule has 1 saturated heterocycles. The normalized spacial score (nSPS) is 19.6. The van der Waals surface area contributed by atoms with Gasteiger partial charge in [0.25, 0.3) is 15.9 Å². The maximum absolute atomic E-state index is 13.0. The van der Waals surface area contributed by atoms with Crippen molar-refractivity contribution in [1.29, 1.82) is 0 Å². The number of hydrogen-bond donors (Lipinski definition) is 1. The number of sulfonamides is 1. The molecule has 0 aliphatic carbocycles. The fraction of sp³-hybridized carbons (Fsp3) is 0.417. The summed E-state index contributed by atoms with van der Waals surface area (Å²) >= 11 is 0. The van der Waals surface area contributed by atoms with Gasteiger partial charge in [-0.25, -0.2) is 13.2 Å². The fourth-order valence-corrected chi connectivity index (χ4v) is 5.25. The molecule has 2 aromatic carbocycles. The number of ether oxygens (including phenoxy) is 2. The van der Waals surface area contributed by atoms with Gasteiger partial charge in [0.15, 0.2) is 6.10 Å². The summed E-state index contributed by atoms with van der Waals surface area (Å²) in [5.41, 5.74) is 1.49. The second-order valence-electron chi connectivity index (χ2n) is 8.47. The van der Waals surface area contributed by atoms with E-state index >= 15 is 0 Å². The van der Waals surface area contributed by atoms with Gasteiger partial charge < -0.3 is 14.4 Å². The van der Waals surface area contributed by atoms with Crippen molar-refractivity contribution >= 4 is 27.6 Å². The van der Waals surface area contributed by atoms with E-state index in [1.807, 2.05) is 19.9 Å². The molecule has 8 nitrogen and oxygen atoms in total. The van der Waals surface area contributed by atoms with Gasteiger partial charge in [-0.2, -0.15) is 0 Å². The van der Waals surface area contributed by atoms with Crippen molar-refractivity contribution in [3.05, 3.63) is 59.2 Å². The molecular weight excluding hydrogens is 444 g/mol. The highest BCUT2D eigenvalue weighted by molar-refractivity contribution is 7.92. The van der Waals surface area contributed by atoms with Crippen LogP contribution in [0.25, 0.3) is 0 Å². The fourth-order valence-electron chi connectivity index (χ4n) is 3.84. The molecule has 3 rings (SSSR count). The Balaban J connectivity index is 1.77. The molecule has 1 fully saturated rings. The molecule has 0 unspecified atom stereocenters. The van der Waals surface area contributed by atoms with E-state index in [1.165, 1.54) is 19.1 Å². The molecule has 1 aliphatic heterocycles. The SMILES string of the molecule is Cc1ccc(C)c(S(=O)(=O)Nc2ccccc2C(=O)O[C@H](C)C(=O)N2C[C@@H](C)O[C@H](C)C2)c1. The van der Waals surface area contributed by atoms with E-state index < -0.39 is 22.1 Å². The van der Waals surface area contributed by atoms with Crippen molar-refractivity contribution in [2.75, 3.05) is 17.8 Å². The zero-order chi connectivity index (χ0) is 24.3. The van der Waals surface area contributed by atoms with E-state index in [0.717, 1.165) is 5.56 Å². The van der Waals surface area contributed by atoms with Crippen LogP contribution in [-0.4, -0.2) is 56.6 Å². The topological polar surface area (TPSA) is 102 Å². The third-order valence-corrected chi connectivity index (χ3v) is 6.89. The number of morpholine rings is 1. The molecule has 9 heteroatoms. The van der Waals surface area contributed by atoms with Crippen LogP contribution in [-0.2, 0) is 24.3 Å². The van der Waals surface area contributed by atoms with Gasteiger partial charge in [-0.3, -0.25) is 9.52 Å². The third-order valence-electron chi connectivity index (χ3n) is 5.39. The number of nitrogens with zero attached hydrogens (tertiary/aromatic N) is 1. The van der Waals surface area contributed by atoms with E-state index in [-0.39, 0.29) is 34.3 Å². The molecule has 33 heavy (non-hydrogen) atoms. The average molecular weight is 475 g/mol. The summed E-state index contributed by atoms with van der Waals surface area (Å²) in [6.45, 7) is 9.60. The zero-order valence-corrected chi connectivity index (χ0v) is 20.3. The van der Waals surface area contributed by atoms with Gasteiger partial charge >= 0.3 is 5.97 Å².